The first-order valence-corrected chi connectivity index (χ1v) is 8.56. The molecule has 0 spiro atoms. The van der Waals surface area contributed by atoms with Crippen LogP contribution in [0.1, 0.15) is 11.1 Å². The Morgan fingerprint density at radius 1 is 1.20 bits per heavy atom. The highest BCUT2D eigenvalue weighted by Gasteiger charge is 2.14. The number of aromatic nitrogens is 4. The Hall–Kier alpha value is -2.74. The van der Waals surface area contributed by atoms with Gasteiger partial charge in [0.15, 0.2) is 0 Å². The predicted octanol–water partition coefficient (Wildman–Crippen LogP) is 3.15. The van der Waals surface area contributed by atoms with Crippen LogP contribution in [0.4, 0.5) is 10.1 Å². The van der Waals surface area contributed by atoms with Crippen molar-refractivity contribution >= 4 is 23.4 Å². The zero-order valence-electron chi connectivity index (χ0n) is 13.7. The molecule has 8 heteroatoms. The summed E-state index contributed by atoms with van der Waals surface area (Å²) in [4.78, 5) is 12.1. The molecule has 1 aromatic heterocycles. The molecule has 0 radical (unpaired) electrons. The minimum Gasteiger partial charge on any atom is -0.325 e. The van der Waals surface area contributed by atoms with Crippen LogP contribution in [0.15, 0.2) is 47.6 Å². The number of nitrogens with zero attached hydrogens (tertiary/aromatic N) is 4. The molecule has 1 amide bonds. The summed E-state index contributed by atoms with van der Waals surface area (Å²) in [5.41, 5.74) is 3.25. The van der Waals surface area contributed by atoms with E-state index >= 15 is 0 Å². The van der Waals surface area contributed by atoms with Crippen LogP contribution in [0, 0.1) is 19.7 Å². The minimum atomic E-state index is -0.434. The molecular weight excluding hydrogens is 341 g/mol. The molecule has 0 aliphatic carbocycles. The fourth-order valence-corrected chi connectivity index (χ4v) is 2.87. The van der Waals surface area contributed by atoms with E-state index in [2.05, 4.69) is 20.8 Å². The van der Waals surface area contributed by atoms with Crippen LogP contribution in [-0.4, -0.2) is 31.9 Å². The van der Waals surface area contributed by atoms with Crippen LogP contribution >= 0.6 is 11.8 Å². The summed E-state index contributed by atoms with van der Waals surface area (Å²) < 4.78 is 15.2. The molecule has 25 heavy (non-hydrogen) atoms. The number of hydrogen-bond donors (Lipinski definition) is 1. The Kier molecular flexibility index (Phi) is 5.08. The maximum absolute atomic E-state index is 13.9. The van der Waals surface area contributed by atoms with Gasteiger partial charge in [0.2, 0.25) is 11.1 Å². The second-order valence-electron chi connectivity index (χ2n) is 5.46. The average Bonchev–Trinajstić information content (AvgIpc) is 3.05. The quantitative estimate of drug-likeness (QED) is 0.710. The number of aryl methyl sites for hydroxylation is 2. The summed E-state index contributed by atoms with van der Waals surface area (Å²) in [7, 11) is 0. The molecule has 1 N–H and O–H groups in total. The van der Waals surface area contributed by atoms with Gasteiger partial charge in [-0.1, -0.05) is 30.0 Å². The van der Waals surface area contributed by atoms with Gasteiger partial charge in [-0.25, -0.2) is 4.39 Å². The minimum absolute atomic E-state index is 0.113. The third-order valence-corrected chi connectivity index (χ3v) is 4.56. The predicted molar refractivity (Wildman–Crippen MR) is 94.4 cm³/mol. The molecule has 3 rings (SSSR count). The molecule has 0 aliphatic rings. The number of tetrazole rings is 1. The first kappa shape index (κ1) is 17.1. The number of halogens is 1. The van der Waals surface area contributed by atoms with Crippen LogP contribution in [0.25, 0.3) is 5.69 Å². The molecule has 0 saturated heterocycles. The standard InChI is InChI=1S/C17H16FN5OS/c1-11-7-8-13(9-12(11)2)19-16(24)10-25-17-20-21-22-23(17)15-6-4-3-5-14(15)18/h3-9H,10H2,1-2H3,(H,19,24). The van der Waals surface area contributed by atoms with Crippen LogP contribution in [0.2, 0.25) is 0 Å². The lowest BCUT2D eigenvalue weighted by atomic mass is 10.1. The summed E-state index contributed by atoms with van der Waals surface area (Å²) in [6, 6.07) is 11.9. The van der Waals surface area contributed by atoms with Gasteiger partial charge in [-0.3, -0.25) is 4.79 Å². The van der Waals surface area contributed by atoms with Crippen LogP contribution in [0.3, 0.4) is 0 Å². The van der Waals surface area contributed by atoms with Crippen molar-refractivity contribution in [1.29, 1.82) is 0 Å². The van der Waals surface area contributed by atoms with Crippen molar-refractivity contribution in [3.63, 3.8) is 0 Å². The summed E-state index contributed by atoms with van der Waals surface area (Å²) >= 11 is 1.14. The molecule has 2 aromatic carbocycles. The Labute approximate surface area is 148 Å². The van der Waals surface area contributed by atoms with E-state index in [4.69, 9.17) is 0 Å². The Bertz CT molecular complexity index is 912. The molecule has 0 fully saturated rings. The van der Waals surface area contributed by atoms with Crippen molar-refractivity contribution in [2.75, 3.05) is 11.1 Å². The first-order chi connectivity index (χ1) is 12.0. The van der Waals surface area contributed by atoms with E-state index in [0.717, 1.165) is 28.6 Å². The van der Waals surface area contributed by atoms with E-state index in [0.29, 0.717) is 5.16 Å². The molecule has 0 saturated carbocycles. The molecule has 0 bridgehead atoms. The molecule has 128 valence electrons. The third kappa shape index (κ3) is 4.03. The fourth-order valence-electron chi connectivity index (χ4n) is 2.19. The van der Waals surface area contributed by atoms with Gasteiger partial charge in [0.05, 0.1) is 5.75 Å². The van der Waals surface area contributed by atoms with E-state index in [9.17, 15) is 9.18 Å². The summed E-state index contributed by atoms with van der Waals surface area (Å²) in [5, 5.41) is 14.4. The van der Waals surface area contributed by atoms with Gasteiger partial charge in [-0.2, -0.15) is 4.68 Å². The fraction of sp³-hybridized carbons (Fsp3) is 0.176. The molecule has 6 nitrogen and oxygen atoms in total. The second kappa shape index (κ2) is 7.43. The van der Waals surface area contributed by atoms with Gasteiger partial charge in [0.1, 0.15) is 11.5 Å². The third-order valence-electron chi connectivity index (χ3n) is 3.64. The van der Waals surface area contributed by atoms with Crippen molar-refractivity contribution < 1.29 is 9.18 Å². The zero-order valence-corrected chi connectivity index (χ0v) is 14.5. The molecule has 0 unspecified atom stereocenters. The number of thioether (sulfide) groups is 1. The Balaban J connectivity index is 1.66. The van der Waals surface area contributed by atoms with Crippen LogP contribution in [-0.2, 0) is 4.79 Å². The number of carbonyl (C=O) groups excluding carboxylic acids is 1. The summed E-state index contributed by atoms with van der Waals surface area (Å²) in [5.74, 6) is -0.505. The number of hydrogen-bond acceptors (Lipinski definition) is 5. The van der Waals surface area contributed by atoms with E-state index in [1.807, 2.05) is 32.0 Å². The maximum Gasteiger partial charge on any atom is 0.234 e. The summed E-state index contributed by atoms with van der Waals surface area (Å²) in [6.45, 7) is 4.00. The number of carbonyl (C=O) groups is 1. The Morgan fingerprint density at radius 2 is 2.00 bits per heavy atom. The highest BCUT2D eigenvalue weighted by Crippen LogP contribution is 2.20. The van der Waals surface area contributed by atoms with Gasteiger partial charge in [0.25, 0.3) is 0 Å². The van der Waals surface area contributed by atoms with Gasteiger partial charge < -0.3 is 5.32 Å². The number of rotatable bonds is 5. The van der Waals surface area contributed by atoms with Gasteiger partial charge >= 0.3 is 0 Å². The summed E-state index contributed by atoms with van der Waals surface area (Å²) in [6.07, 6.45) is 0. The smallest absolute Gasteiger partial charge is 0.234 e. The first-order valence-electron chi connectivity index (χ1n) is 7.58. The average molecular weight is 357 g/mol. The number of nitrogens with one attached hydrogen (secondary N) is 1. The molecule has 0 aliphatic heterocycles. The van der Waals surface area contributed by atoms with Crippen molar-refractivity contribution in [2.24, 2.45) is 0 Å². The van der Waals surface area contributed by atoms with Crippen LogP contribution in [0.5, 0.6) is 0 Å². The second-order valence-corrected chi connectivity index (χ2v) is 6.40. The van der Waals surface area contributed by atoms with E-state index in [1.54, 1.807) is 18.2 Å². The molecular formula is C17H16FN5OS. The monoisotopic (exact) mass is 357 g/mol. The largest absolute Gasteiger partial charge is 0.325 e. The maximum atomic E-state index is 13.9. The van der Waals surface area contributed by atoms with Gasteiger partial charge in [-0.05, 0) is 59.7 Å². The number of para-hydroxylation sites is 1. The van der Waals surface area contributed by atoms with Gasteiger partial charge in [-0.15, -0.1) is 5.10 Å². The normalized spacial score (nSPS) is 10.7. The zero-order chi connectivity index (χ0) is 17.8. The Morgan fingerprint density at radius 3 is 2.76 bits per heavy atom. The highest BCUT2D eigenvalue weighted by atomic mass is 32.2. The van der Waals surface area contributed by atoms with Gasteiger partial charge in [0, 0.05) is 5.69 Å². The van der Waals surface area contributed by atoms with Crippen molar-refractivity contribution in [3.8, 4) is 5.69 Å². The number of anilines is 1. The lowest BCUT2D eigenvalue weighted by Gasteiger charge is -2.08. The molecule has 0 atom stereocenters. The van der Waals surface area contributed by atoms with E-state index < -0.39 is 5.82 Å². The lowest BCUT2D eigenvalue weighted by Crippen LogP contribution is -2.15. The van der Waals surface area contributed by atoms with Crippen molar-refractivity contribution in [3.05, 3.63) is 59.4 Å². The number of benzene rings is 2. The van der Waals surface area contributed by atoms with E-state index in [1.165, 1.54) is 10.7 Å². The topological polar surface area (TPSA) is 72.7 Å². The van der Waals surface area contributed by atoms with Crippen molar-refractivity contribution in [2.45, 2.75) is 19.0 Å². The highest BCUT2D eigenvalue weighted by molar-refractivity contribution is 7.99. The SMILES string of the molecule is Cc1ccc(NC(=O)CSc2nnnn2-c2ccccc2F)cc1C. The van der Waals surface area contributed by atoms with E-state index in [-0.39, 0.29) is 17.3 Å². The molecule has 3 aromatic rings. The number of amides is 1. The van der Waals surface area contributed by atoms with Crippen LogP contribution < -0.4 is 5.32 Å². The lowest BCUT2D eigenvalue weighted by molar-refractivity contribution is -0.113. The van der Waals surface area contributed by atoms with Crippen molar-refractivity contribution in [1.82, 2.24) is 20.2 Å². The molecule has 1 heterocycles.